The maximum Gasteiger partial charge on any atom is 0.342 e. The van der Waals surface area contributed by atoms with Crippen LogP contribution < -0.4 is 5.32 Å². The number of aryl methyl sites for hydroxylation is 1. The molecule has 0 bridgehead atoms. The van der Waals surface area contributed by atoms with Crippen molar-refractivity contribution in [2.24, 2.45) is 5.41 Å². The zero-order valence-electron chi connectivity index (χ0n) is 22.9. The van der Waals surface area contributed by atoms with E-state index in [4.69, 9.17) is 57.1 Å². The molecule has 0 aliphatic carbocycles. The average Bonchev–Trinajstić information content (AvgIpc) is 3.87. The summed E-state index contributed by atoms with van der Waals surface area (Å²) in [6, 6.07) is 10.6. The first-order valence-electron chi connectivity index (χ1n) is 12.7. The van der Waals surface area contributed by atoms with E-state index in [1.807, 2.05) is 19.9 Å². The minimum atomic E-state index is -0.485. The number of para-hydroxylation sites is 1. The summed E-state index contributed by atoms with van der Waals surface area (Å²) in [5.41, 5.74) is 2.07. The van der Waals surface area contributed by atoms with Crippen LogP contribution in [0.15, 0.2) is 36.4 Å². The molecule has 0 amide bonds. The number of halogens is 2. The molecule has 2 aromatic carbocycles. The quantitative estimate of drug-likeness (QED) is 0.136. The van der Waals surface area contributed by atoms with E-state index in [0.29, 0.717) is 45.8 Å². The zero-order valence-corrected chi connectivity index (χ0v) is 24.4. The van der Waals surface area contributed by atoms with Crippen molar-refractivity contribution in [3.8, 4) is 0 Å². The molecule has 4 rings (SSSR count). The van der Waals surface area contributed by atoms with Crippen molar-refractivity contribution in [3.63, 3.8) is 0 Å². The third-order valence-electron chi connectivity index (χ3n) is 5.44. The molecule has 2 saturated heterocycles. The Balaban J connectivity index is 0.000000269. The normalized spacial score (nSPS) is 17.2. The van der Waals surface area contributed by atoms with Gasteiger partial charge in [-0.15, -0.1) is 0 Å². The van der Waals surface area contributed by atoms with Crippen molar-refractivity contribution < 1.29 is 38.7 Å². The number of aliphatic hydroxyl groups is 2. The summed E-state index contributed by atoms with van der Waals surface area (Å²) in [6.07, 6.45) is 0.785. The van der Waals surface area contributed by atoms with Gasteiger partial charge in [0, 0.05) is 12.0 Å². The molecule has 0 radical (unpaired) electrons. The SMILES string of the molecule is C(OCC1CO1)C1CO1.CC(C)(CO)CO.CCOCOC(=O)c1ccccc1Nc1c(Cl)ccc(C)c1Cl. The van der Waals surface area contributed by atoms with Crippen molar-refractivity contribution in [1.82, 2.24) is 0 Å². The van der Waals surface area contributed by atoms with Crippen LogP contribution in [-0.4, -0.2) is 81.4 Å². The lowest BCUT2D eigenvalue weighted by Gasteiger charge is -2.16. The third-order valence-corrected chi connectivity index (χ3v) is 6.24. The summed E-state index contributed by atoms with van der Waals surface area (Å²) >= 11 is 12.5. The van der Waals surface area contributed by atoms with Crippen LogP contribution in [0.1, 0.15) is 36.7 Å². The van der Waals surface area contributed by atoms with Gasteiger partial charge in [-0.25, -0.2) is 4.79 Å². The number of hydrogen-bond donors (Lipinski definition) is 3. The van der Waals surface area contributed by atoms with Gasteiger partial charge in [0.15, 0.2) is 6.79 Å². The number of epoxide rings is 2. The van der Waals surface area contributed by atoms with Gasteiger partial charge in [-0.1, -0.05) is 55.2 Å². The molecule has 2 aromatic rings. The Bertz CT molecular complexity index is 1010. The molecular formula is C28H39Cl2NO8. The fourth-order valence-corrected chi connectivity index (χ4v) is 3.11. The molecule has 218 valence electrons. The molecule has 2 heterocycles. The summed E-state index contributed by atoms with van der Waals surface area (Å²) in [7, 11) is 0. The van der Waals surface area contributed by atoms with Crippen LogP contribution in [0.4, 0.5) is 11.4 Å². The van der Waals surface area contributed by atoms with Gasteiger partial charge in [-0.3, -0.25) is 0 Å². The topological polar surface area (TPSA) is 122 Å². The van der Waals surface area contributed by atoms with E-state index < -0.39 is 5.97 Å². The molecule has 2 fully saturated rings. The van der Waals surface area contributed by atoms with Crippen LogP contribution in [0.5, 0.6) is 0 Å². The Kier molecular flexibility index (Phi) is 14.5. The highest BCUT2D eigenvalue weighted by Crippen LogP contribution is 2.36. The largest absolute Gasteiger partial charge is 0.435 e. The second-order valence-corrected chi connectivity index (χ2v) is 10.5. The maximum absolute atomic E-state index is 12.2. The molecule has 39 heavy (non-hydrogen) atoms. The zero-order chi connectivity index (χ0) is 28.8. The van der Waals surface area contributed by atoms with E-state index >= 15 is 0 Å². The number of esters is 1. The highest BCUT2D eigenvalue weighted by molar-refractivity contribution is 6.39. The Hall–Kier alpha value is -1.95. The van der Waals surface area contributed by atoms with Gasteiger partial charge >= 0.3 is 5.97 Å². The van der Waals surface area contributed by atoms with E-state index in [1.165, 1.54) is 0 Å². The first-order valence-corrected chi connectivity index (χ1v) is 13.5. The maximum atomic E-state index is 12.2. The average molecular weight is 589 g/mol. The fraction of sp³-hybridized carbons (Fsp3) is 0.536. The van der Waals surface area contributed by atoms with Gasteiger partial charge in [-0.05, 0) is 37.6 Å². The summed E-state index contributed by atoms with van der Waals surface area (Å²) in [6.45, 7) is 11.0. The van der Waals surface area contributed by atoms with Gasteiger partial charge in [0.1, 0.15) is 12.2 Å². The predicted molar refractivity (Wildman–Crippen MR) is 151 cm³/mol. The lowest BCUT2D eigenvalue weighted by molar-refractivity contribution is -0.0273. The third kappa shape index (κ3) is 12.8. The number of ether oxygens (including phenoxy) is 5. The molecule has 2 aliphatic rings. The van der Waals surface area contributed by atoms with Crippen LogP contribution in [0.3, 0.4) is 0 Å². The van der Waals surface area contributed by atoms with Gasteiger partial charge in [0.05, 0.1) is 66.6 Å². The molecule has 0 saturated carbocycles. The second-order valence-electron chi connectivity index (χ2n) is 9.69. The van der Waals surface area contributed by atoms with Crippen molar-refractivity contribution in [1.29, 1.82) is 0 Å². The van der Waals surface area contributed by atoms with Crippen LogP contribution in [-0.2, 0) is 23.7 Å². The Morgan fingerprint density at radius 2 is 1.62 bits per heavy atom. The lowest BCUT2D eigenvalue weighted by Crippen LogP contribution is -2.20. The van der Waals surface area contributed by atoms with E-state index in [1.54, 1.807) is 44.2 Å². The van der Waals surface area contributed by atoms with Crippen molar-refractivity contribution >= 4 is 40.5 Å². The lowest BCUT2D eigenvalue weighted by atomic mass is 9.97. The van der Waals surface area contributed by atoms with Crippen LogP contribution >= 0.6 is 23.2 Å². The minimum absolute atomic E-state index is 0.0451. The first-order chi connectivity index (χ1) is 18.6. The number of benzene rings is 2. The van der Waals surface area contributed by atoms with Crippen molar-refractivity contribution in [2.75, 3.05) is 58.4 Å². The monoisotopic (exact) mass is 587 g/mol. The number of rotatable bonds is 12. The molecule has 0 aromatic heterocycles. The fourth-order valence-electron chi connectivity index (χ4n) is 2.64. The molecule has 11 heteroatoms. The smallest absolute Gasteiger partial charge is 0.342 e. The number of anilines is 2. The van der Waals surface area contributed by atoms with Crippen molar-refractivity contribution in [3.05, 3.63) is 57.6 Å². The second kappa shape index (κ2) is 17.0. The summed E-state index contributed by atoms with van der Waals surface area (Å²) in [5, 5.41) is 21.0. The molecule has 2 unspecified atom stereocenters. The summed E-state index contributed by atoms with van der Waals surface area (Å²) in [4.78, 5) is 12.2. The first kappa shape index (κ1) is 33.3. The van der Waals surface area contributed by atoms with Crippen LogP contribution in [0, 0.1) is 12.3 Å². The van der Waals surface area contributed by atoms with E-state index in [9.17, 15) is 4.79 Å². The molecule has 9 nitrogen and oxygen atoms in total. The number of nitrogens with one attached hydrogen (secondary N) is 1. The molecule has 2 aliphatic heterocycles. The van der Waals surface area contributed by atoms with Crippen molar-refractivity contribution in [2.45, 2.75) is 39.9 Å². The Morgan fingerprint density at radius 1 is 1.03 bits per heavy atom. The number of aliphatic hydroxyl groups excluding tert-OH is 2. The Labute approximate surface area is 240 Å². The van der Waals surface area contributed by atoms with E-state index in [0.717, 1.165) is 32.0 Å². The standard InChI is InChI=1S/C17H17Cl2NO3.C6H10O3.C5H12O2/c1-3-22-10-23-17(21)12-6-4-5-7-14(12)20-16-13(18)9-8-11(2)15(16)19;1(5-3-8-5)7-2-6-4-9-6;1-5(2,3-6)4-7/h4-9,20H,3,10H2,1-2H3;5-6H,1-4H2;6-7H,3-4H2,1-2H3. The van der Waals surface area contributed by atoms with Gasteiger partial charge < -0.3 is 39.2 Å². The Morgan fingerprint density at radius 3 is 2.13 bits per heavy atom. The highest BCUT2D eigenvalue weighted by atomic mass is 35.5. The minimum Gasteiger partial charge on any atom is -0.435 e. The van der Waals surface area contributed by atoms with Gasteiger partial charge in [-0.2, -0.15) is 0 Å². The molecule has 0 spiro atoms. The highest BCUT2D eigenvalue weighted by Gasteiger charge is 2.26. The van der Waals surface area contributed by atoms with Crippen LogP contribution in [0.2, 0.25) is 10.0 Å². The van der Waals surface area contributed by atoms with Gasteiger partial charge in [0.2, 0.25) is 0 Å². The number of carbonyl (C=O) groups is 1. The summed E-state index contributed by atoms with van der Waals surface area (Å²) in [5.74, 6) is -0.485. The molecule has 2 atom stereocenters. The predicted octanol–water partition coefficient (Wildman–Crippen LogP) is 4.99. The van der Waals surface area contributed by atoms with Crippen LogP contribution in [0.25, 0.3) is 0 Å². The van der Waals surface area contributed by atoms with Gasteiger partial charge in [0.25, 0.3) is 0 Å². The van der Waals surface area contributed by atoms with E-state index in [2.05, 4.69) is 5.32 Å². The summed E-state index contributed by atoms with van der Waals surface area (Å²) < 4.78 is 25.2. The number of hydrogen-bond acceptors (Lipinski definition) is 9. The number of carbonyl (C=O) groups excluding carboxylic acids is 1. The molecule has 3 N–H and O–H groups in total. The molecular weight excluding hydrogens is 549 g/mol. The van der Waals surface area contributed by atoms with E-state index in [-0.39, 0.29) is 25.4 Å².